The van der Waals surface area contributed by atoms with E-state index in [9.17, 15) is 14.4 Å². The van der Waals surface area contributed by atoms with Gasteiger partial charge in [-0.25, -0.2) is 4.79 Å². The summed E-state index contributed by atoms with van der Waals surface area (Å²) in [6, 6.07) is 0. The lowest BCUT2D eigenvalue weighted by atomic mass is 10.2. The van der Waals surface area contributed by atoms with E-state index in [1.807, 2.05) is 0 Å². The molecule has 0 atom stereocenters. The number of hydrogen-bond acceptors (Lipinski definition) is 5. The molecule has 0 bridgehead atoms. The molecular formula is C14H22N2O5. The van der Waals surface area contributed by atoms with Gasteiger partial charge in [-0.1, -0.05) is 19.8 Å². The van der Waals surface area contributed by atoms with E-state index in [2.05, 4.69) is 11.9 Å². The molecule has 0 aliphatic heterocycles. The third-order valence-electron chi connectivity index (χ3n) is 2.89. The van der Waals surface area contributed by atoms with Crippen molar-refractivity contribution >= 4 is 5.97 Å². The maximum atomic E-state index is 11.5. The Balaban J connectivity index is 2.23. The lowest BCUT2D eigenvalue weighted by Gasteiger charge is -2.08. The first-order valence-electron chi connectivity index (χ1n) is 7.08. The van der Waals surface area contributed by atoms with Crippen molar-refractivity contribution in [3.63, 3.8) is 0 Å². The molecular weight excluding hydrogens is 276 g/mol. The average Bonchev–Trinajstić information content (AvgIpc) is 2.44. The van der Waals surface area contributed by atoms with Gasteiger partial charge in [0.05, 0.1) is 6.61 Å². The highest BCUT2D eigenvalue weighted by Gasteiger charge is 2.03. The molecule has 0 amide bonds. The van der Waals surface area contributed by atoms with Crippen molar-refractivity contribution in [3.05, 3.63) is 32.6 Å². The Morgan fingerprint density at radius 3 is 2.76 bits per heavy atom. The first-order chi connectivity index (χ1) is 10.0. The Labute approximate surface area is 122 Å². The van der Waals surface area contributed by atoms with Gasteiger partial charge in [-0.2, -0.15) is 0 Å². The highest BCUT2D eigenvalue weighted by Crippen LogP contribution is 2.00. The van der Waals surface area contributed by atoms with Gasteiger partial charge >= 0.3 is 11.7 Å². The van der Waals surface area contributed by atoms with E-state index in [1.54, 1.807) is 6.92 Å². The third-order valence-corrected chi connectivity index (χ3v) is 2.89. The van der Waals surface area contributed by atoms with Crippen molar-refractivity contribution in [2.45, 2.75) is 46.3 Å². The number of ether oxygens (including phenoxy) is 2. The second-order valence-electron chi connectivity index (χ2n) is 4.76. The maximum absolute atomic E-state index is 11.5. The number of nitrogens with one attached hydrogen (secondary N) is 1. The summed E-state index contributed by atoms with van der Waals surface area (Å²) < 4.78 is 11.5. The molecule has 1 heterocycles. The molecule has 0 radical (unpaired) electrons. The van der Waals surface area contributed by atoms with Crippen molar-refractivity contribution in [2.24, 2.45) is 0 Å². The quantitative estimate of drug-likeness (QED) is 0.541. The zero-order valence-corrected chi connectivity index (χ0v) is 12.5. The molecule has 7 nitrogen and oxygen atoms in total. The minimum Gasteiger partial charge on any atom is -0.463 e. The lowest BCUT2D eigenvalue weighted by Crippen LogP contribution is -2.31. The first-order valence-corrected chi connectivity index (χ1v) is 7.08. The van der Waals surface area contributed by atoms with Gasteiger partial charge in [-0.15, -0.1) is 0 Å². The molecule has 7 heteroatoms. The Morgan fingerprint density at radius 2 is 2.05 bits per heavy atom. The second-order valence-corrected chi connectivity index (χ2v) is 4.76. The van der Waals surface area contributed by atoms with Crippen LogP contribution in [0.2, 0.25) is 0 Å². The summed E-state index contributed by atoms with van der Waals surface area (Å²) in [5.74, 6) is -0.232. The molecule has 0 saturated heterocycles. The molecule has 0 spiro atoms. The summed E-state index contributed by atoms with van der Waals surface area (Å²) >= 11 is 0. The smallest absolute Gasteiger partial charge is 0.330 e. The number of hydrogen-bond donors (Lipinski definition) is 1. The van der Waals surface area contributed by atoms with Crippen molar-refractivity contribution in [1.82, 2.24) is 9.55 Å². The van der Waals surface area contributed by atoms with E-state index in [-0.39, 0.29) is 25.9 Å². The molecule has 1 N–H and O–H groups in total. The largest absolute Gasteiger partial charge is 0.463 e. The maximum Gasteiger partial charge on any atom is 0.330 e. The van der Waals surface area contributed by atoms with Crippen LogP contribution in [0.1, 0.15) is 38.2 Å². The van der Waals surface area contributed by atoms with Crippen LogP contribution >= 0.6 is 0 Å². The molecule has 1 aromatic rings. The normalized spacial score (nSPS) is 10.6. The van der Waals surface area contributed by atoms with Crippen LogP contribution in [0.15, 0.2) is 15.8 Å². The molecule has 0 unspecified atom stereocenters. The molecule has 0 fully saturated rings. The topological polar surface area (TPSA) is 90.4 Å². The number of nitrogens with zero attached hydrogens (tertiary/aromatic N) is 1. The van der Waals surface area contributed by atoms with Crippen LogP contribution in [0.25, 0.3) is 0 Å². The molecule has 1 rings (SSSR count). The Hall–Kier alpha value is -1.89. The molecule has 0 aliphatic rings. The van der Waals surface area contributed by atoms with Gasteiger partial charge in [-0.05, 0) is 13.3 Å². The highest BCUT2D eigenvalue weighted by molar-refractivity contribution is 5.69. The third kappa shape index (κ3) is 6.40. The van der Waals surface area contributed by atoms with Crippen LogP contribution in [0, 0.1) is 6.92 Å². The van der Waals surface area contributed by atoms with E-state index in [1.165, 1.54) is 10.8 Å². The standard InChI is InChI=1S/C14H22N2O5/c1-3-4-5-6-12(17)21-8-7-20-10-16-9-11(2)13(18)15-14(16)19/h9H,3-8,10H2,1-2H3,(H,15,18,19). The average molecular weight is 298 g/mol. The van der Waals surface area contributed by atoms with Gasteiger partial charge in [0.15, 0.2) is 0 Å². The predicted octanol–water partition coefficient (Wildman–Crippen LogP) is 0.943. The van der Waals surface area contributed by atoms with E-state index < -0.39 is 11.2 Å². The zero-order valence-electron chi connectivity index (χ0n) is 12.5. The van der Waals surface area contributed by atoms with Crippen LogP contribution in [0.3, 0.4) is 0 Å². The molecule has 1 aromatic heterocycles. The number of unbranched alkanes of at least 4 members (excludes halogenated alkanes) is 2. The number of aryl methyl sites for hydroxylation is 1. The number of aromatic nitrogens is 2. The number of carbonyl (C=O) groups is 1. The summed E-state index contributed by atoms with van der Waals surface area (Å²) in [7, 11) is 0. The Kier molecular flexibility index (Phi) is 7.45. The number of esters is 1. The van der Waals surface area contributed by atoms with Gasteiger partial charge < -0.3 is 9.47 Å². The Bertz CT molecular complexity index is 561. The van der Waals surface area contributed by atoms with Gasteiger partial charge in [-0.3, -0.25) is 19.1 Å². The van der Waals surface area contributed by atoms with Crippen LogP contribution < -0.4 is 11.2 Å². The van der Waals surface area contributed by atoms with E-state index in [4.69, 9.17) is 9.47 Å². The Morgan fingerprint density at radius 1 is 1.29 bits per heavy atom. The SMILES string of the molecule is CCCCCC(=O)OCCOCn1cc(C)c(=O)[nH]c1=O. The van der Waals surface area contributed by atoms with E-state index in [0.29, 0.717) is 12.0 Å². The summed E-state index contributed by atoms with van der Waals surface area (Å²) in [4.78, 5) is 36.1. The molecule has 21 heavy (non-hydrogen) atoms. The van der Waals surface area contributed by atoms with Gasteiger partial charge in [0.1, 0.15) is 13.3 Å². The lowest BCUT2D eigenvalue weighted by molar-refractivity contribution is -0.145. The monoisotopic (exact) mass is 298 g/mol. The summed E-state index contributed by atoms with van der Waals surface area (Å²) in [5.41, 5.74) is -0.500. The number of H-pyrrole nitrogens is 1. The minimum atomic E-state index is -0.526. The fourth-order valence-electron chi connectivity index (χ4n) is 1.68. The van der Waals surface area contributed by atoms with Crippen molar-refractivity contribution in [1.29, 1.82) is 0 Å². The van der Waals surface area contributed by atoms with Crippen molar-refractivity contribution < 1.29 is 14.3 Å². The van der Waals surface area contributed by atoms with Crippen LogP contribution in [0.5, 0.6) is 0 Å². The number of carbonyl (C=O) groups excluding carboxylic acids is 1. The summed E-state index contributed by atoms with van der Waals surface area (Å²) in [6.07, 6.45) is 4.76. The second kappa shape index (κ2) is 9.12. The van der Waals surface area contributed by atoms with Crippen LogP contribution in [0.4, 0.5) is 0 Å². The predicted molar refractivity (Wildman–Crippen MR) is 77.1 cm³/mol. The number of rotatable bonds is 9. The highest BCUT2D eigenvalue weighted by atomic mass is 16.6. The fraction of sp³-hybridized carbons (Fsp3) is 0.643. The fourth-order valence-corrected chi connectivity index (χ4v) is 1.68. The van der Waals surface area contributed by atoms with E-state index >= 15 is 0 Å². The minimum absolute atomic E-state index is 0.00381. The molecule has 0 aromatic carbocycles. The molecule has 118 valence electrons. The van der Waals surface area contributed by atoms with Crippen LogP contribution in [-0.4, -0.2) is 28.7 Å². The molecule has 0 aliphatic carbocycles. The van der Waals surface area contributed by atoms with Crippen molar-refractivity contribution in [3.8, 4) is 0 Å². The first kappa shape index (κ1) is 17.2. The summed E-state index contributed by atoms with van der Waals surface area (Å²) in [6.45, 7) is 4.03. The molecule has 0 saturated carbocycles. The zero-order chi connectivity index (χ0) is 15.7. The van der Waals surface area contributed by atoms with Gasteiger partial charge in [0.2, 0.25) is 0 Å². The van der Waals surface area contributed by atoms with E-state index in [0.717, 1.165) is 19.3 Å². The summed E-state index contributed by atoms with van der Waals surface area (Å²) in [5, 5.41) is 0. The number of aromatic amines is 1. The van der Waals surface area contributed by atoms with Gasteiger partial charge in [0.25, 0.3) is 5.56 Å². The van der Waals surface area contributed by atoms with Crippen LogP contribution in [-0.2, 0) is 21.0 Å². The van der Waals surface area contributed by atoms with Gasteiger partial charge in [0, 0.05) is 18.2 Å². The van der Waals surface area contributed by atoms with Crippen molar-refractivity contribution in [2.75, 3.05) is 13.2 Å².